The van der Waals surface area contributed by atoms with Gasteiger partial charge in [0.25, 0.3) is 0 Å². The van der Waals surface area contributed by atoms with E-state index < -0.39 is 54.6 Å². The molecule has 4 heterocycles. The Morgan fingerprint density at radius 3 is 1.04 bits per heavy atom. The fourth-order valence-corrected chi connectivity index (χ4v) is 3.73. The fraction of sp³-hybridized carbons (Fsp3) is 0.0588. The van der Waals surface area contributed by atoms with E-state index >= 15 is 0 Å². The maximum Gasteiger partial charge on any atom is 3.00 e. The Kier molecular flexibility index (Phi) is 15.0. The number of hydrogen-bond acceptors (Lipinski definition) is 4. The van der Waals surface area contributed by atoms with Crippen LogP contribution < -0.4 is 0 Å². The van der Waals surface area contributed by atoms with E-state index in [1.807, 2.05) is 0 Å². The van der Waals surface area contributed by atoms with Gasteiger partial charge in [0.1, 0.15) is 0 Å². The molecule has 6 rings (SSSR count). The fourth-order valence-electron chi connectivity index (χ4n) is 3.73. The molecule has 0 saturated heterocycles. The quantitative estimate of drug-likeness (QED) is 0.101. The Balaban J connectivity index is 0.000000270. The predicted molar refractivity (Wildman–Crippen MR) is 168 cm³/mol. The molecule has 2 aromatic carbocycles. The largest absolute Gasteiger partial charge is 3.00 e. The second kappa shape index (κ2) is 17.9. The zero-order valence-corrected chi connectivity index (χ0v) is 30.3. The summed E-state index contributed by atoms with van der Waals surface area (Å²) in [6.45, 7) is 0. The Labute approximate surface area is 318 Å². The molecular weight excluding hydrogens is 992 g/mol. The Morgan fingerprint density at radius 2 is 0.804 bits per heavy atom. The summed E-state index contributed by atoms with van der Waals surface area (Å²) in [5, 5.41) is 0. The van der Waals surface area contributed by atoms with Gasteiger partial charge in [0.15, 0.2) is 0 Å². The van der Waals surface area contributed by atoms with Gasteiger partial charge in [-0.2, -0.15) is 26.3 Å². The summed E-state index contributed by atoms with van der Waals surface area (Å²) in [5.74, 6) is -2.57. The van der Waals surface area contributed by atoms with Crippen LogP contribution in [0.4, 0.5) is 69.1 Å². The average molecular weight is 1010 g/mol. The summed E-state index contributed by atoms with van der Waals surface area (Å²) in [7, 11) is -10.7. The van der Waals surface area contributed by atoms with Gasteiger partial charge in [-0.05, 0) is 47.8 Å². The van der Waals surface area contributed by atoms with Crippen molar-refractivity contribution in [3.8, 4) is 33.9 Å². The van der Waals surface area contributed by atoms with Crippen molar-refractivity contribution >= 4 is 7.81 Å². The van der Waals surface area contributed by atoms with Crippen LogP contribution >= 0.6 is 7.81 Å². The van der Waals surface area contributed by atoms with Crippen molar-refractivity contribution in [2.45, 2.75) is 12.4 Å². The third-order valence-electron chi connectivity index (χ3n) is 6.00. The number of pyridine rings is 4. The zero-order valence-electron chi connectivity index (χ0n) is 27.0. The van der Waals surface area contributed by atoms with Crippen molar-refractivity contribution in [3.63, 3.8) is 0 Å². The number of nitrogens with zero attached hydrogens (tertiary/aromatic N) is 4. The second-order valence-corrected chi connectivity index (χ2v) is 12.2. The van der Waals surface area contributed by atoms with Gasteiger partial charge in [-0.1, -0.05) is 47.5 Å². The minimum absolute atomic E-state index is 0. The summed E-state index contributed by atoms with van der Waals surface area (Å²) < 4.78 is 185. The molecule has 22 heteroatoms. The molecule has 0 bridgehead atoms. The van der Waals surface area contributed by atoms with E-state index in [2.05, 4.69) is 32.1 Å². The first kappa shape index (κ1) is 47.2. The predicted octanol–water partition coefficient (Wildman–Crippen LogP) is 13.2. The molecule has 300 valence electrons. The normalized spacial score (nSPS) is 12.4. The van der Waals surface area contributed by atoms with Crippen LogP contribution in [-0.4, -0.2) is 19.9 Å². The van der Waals surface area contributed by atoms with E-state index in [-0.39, 0.29) is 42.6 Å². The van der Waals surface area contributed by atoms with Crippen LogP contribution in [0.25, 0.3) is 33.9 Å². The Bertz CT molecular complexity index is 2000. The number of aromatic nitrogens is 4. The van der Waals surface area contributed by atoms with Gasteiger partial charge in [0.2, 0.25) is 0 Å². The van der Waals surface area contributed by atoms with Crippen molar-refractivity contribution in [2.24, 2.45) is 0 Å². The molecule has 0 aliphatic heterocycles. The SMILES string of the molecule is FC(F)(F)c1ccc(-c2ccc(C(F)(F)F)cn2)nc1.F[P-](F)(F)(F)(F)F.Fc1c[c-]c(-c2ccccn2)c(F)c1.Fc1c[c-]c(-c2ccccn2)c(F)c1.[Ir+3]. The van der Waals surface area contributed by atoms with Crippen LogP contribution in [0.15, 0.2) is 110 Å². The molecule has 0 N–H and O–H groups in total. The summed E-state index contributed by atoms with van der Waals surface area (Å²) in [5.41, 5.74) is -0.478. The molecule has 0 unspecified atom stereocenters. The van der Waals surface area contributed by atoms with Gasteiger partial charge >= 0.3 is 65.4 Å². The van der Waals surface area contributed by atoms with Gasteiger partial charge in [-0.3, -0.25) is 27.5 Å². The Morgan fingerprint density at radius 1 is 0.464 bits per heavy atom. The zero-order chi connectivity index (χ0) is 41.3. The van der Waals surface area contributed by atoms with Crippen LogP contribution in [0.5, 0.6) is 0 Å². The van der Waals surface area contributed by atoms with Crippen LogP contribution in [0.3, 0.4) is 0 Å². The number of rotatable bonds is 3. The molecule has 0 atom stereocenters. The third kappa shape index (κ3) is 17.2. The van der Waals surface area contributed by atoms with Crippen LogP contribution in [0.2, 0.25) is 0 Å². The maximum absolute atomic E-state index is 13.2. The summed E-state index contributed by atoms with van der Waals surface area (Å²) in [6, 6.07) is 22.7. The minimum atomic E-state index is -10.7. The van der Waals surface area contributed by atoms with Crippen molar-refractivity contribution in [1.82, 2.24) is 19.9 Å². The third-order valence-corrected chi connectivity index (χ3v) is 6.00. The van der Waals surface area contributed by atoms with Gasteiger partial charge in [-0.15, -0.1) is 24.3 Å². The van der Waals surface area contributed by atoms with E-state index in [0.717, 1.165) is 48.5 Å². The molecule has 0 aliphatic rings. The van der Waals surface area contributed by atoms with Crippen molar-refractivity contribution in [1.29, 1.82) is 0 Å². The van der Waals surface area contributed by atoms with Crippen molar-refractivity contribution < 1.29 is 89.2 Å². The van der Waals surface area contributed by atoms with Crippen LogP contribution in [0, 0.1) is 35.4 Å². The summed E-state index contributed by atoms with van der Waals surface area (Å²) in [4.78, 5) is 15.0. The number of benzene rings is 2. The topological polar surface area (TPSA) is 51.6 Å². The number of alkyl halides is 6. The smallest absolute Gasteiger partial charge is 0.305 e. The van der Waals surface area contributed by atoms with Gasteiger partial charge < -0.3 is 9.97 Å². The van der Waals surface area contributed by atoms with E-state index in [4.69, 9.17) is 0 Å². The minimum Gasteiger partial charge on any atom is -0.305 e. The maximum atomic E-state index is 13.2. The van der Waals surface area contributed by atoms with E-state index in [9.17, 15) is 69.1 Å². The molecule has 4 nitrogen and oxygen atoms in total. The van der Waals surface area contributed by atoms with E-state index in [0.29, 0.717) is 23.8 Å². The molecule has 56 heavy (non-hydrogen) atoms. The monoisotopic (exact) mass is 1010 g/mol. The second-order valence-electron chi connectivity index (χ2n) is 10.3. The molecule has 0 spiro atoms. The Hall–Kier alpha value is -5.00. The molecule has 0 aliphatic carbocycles. The molecule has 0 fully saturated rings. The van der Waals surface area contributed by atoms with Crippen molar-refractivity contribution in [3.05, 3.63) is 156 Å². The number of halogens is 16. The first-order valence-electron chi connectivity index (χ1n) is 14.4. The first-order chi connectivity index (χ1) is 25.2. The molecule has 0 radical (unpaired) electrons. The van der Waals surface area contributed by atoms with E-state index in [1.54, 1.807) is 48.8 Å². The van der Waals surface area contributed by atoms with Crippen LogP contribution in [0.1, 0.15) is 11.1 Å². The van der Waals surface area contributed by atoms with Crippen molar-refractivity contribution in [2.75, 3.05) is 0 Å². The molecule has 6 aromatic rings. The van der Waals surface area contributed by atoms with Gasteiger partial charge in [0, 0.05) is 48.1 Å². The van der Waals surface area contributed by atoms with E-state index in [1.165, 1.54) is 0 Å². The molecular formula is C34H18F16IrN4P. The van der Waals surface area contributed by atoms with Gasteiger partial charge in [0.05, 0.1) is 22.5 Å². The van der Waals surface area contributed by atoms with Crippen LogP contribution in [-0.2, 0) is 32.5 Å². The summed E-state index contributed by atoms with van der Waals surface area (Å²) in [6.07, 6.45) is -4.72. The number of hydrogen-bond donors (Lipinski definition) is 0. The summed E-state index contributed by atoms with van der Waals surface area (Å²) >= 11 is 0. The molecule has 0 amide bonds. The standard InChI is InChI=1S/C12H6F6N2.2C11H6F2N.F6P.Ir/c13-11(14,15)7-1-3-9(19-5-7)10-4-2-8(6-20-10)12(16,17)18;2*12-8-4-5-9(10(13)7-8)11-3-1-2-6-14-11;1-7(2,3,4,5)6;/h1-6H;2*1-4,6-7H;;/q;3*-1;+3. The molecule has 4 aromatic heterocycles. The van der Waals surface area contributed by atoms with Gasteiger partial charge in [-0.25, -0.2) is 0 Å². The molecule has 0 saturated carbocycles. The first-order valence-corrected chi connectivity index (χ1v) is 16.4. The average Bonchev–Trinajstić information content (AvgIpc) is 3.08.